The maximum atomic E-state index is 2.41. The lowest BCUT2D eigenvalue weighted by Crippen LogP contribution is -1.97. The fourth-order valence-electron chi connectivity index (χ4n) is 1.59. The van der Waals surface area contributed by atoms with Crippen molar-refractivity contribution in [1.82, 2.24) is 0 Å². The molecule has 0 saturated heterocycles. The maximum absolute atomic E-state index is 2.41. The number of allylic oxidation sites excluding steroid dienone is 2. The highest BCUT2D eigenvalue weighted by atomic mass is 14.1. The molecule has 1 aliphatic carbocycles. The van der Waals surface area contributed by atoms with Crippen LogP contribution in [0.25, 0.3) is 0 Å². The largest absolute Gasteiger partial charge is 0.0856 e. The minimum atomic E-state index is 0.962. The number of hydrogen-bond acceptors (Lipinski definition) is 0. The molecule has 0 aliphatic heterocycles. The van der Waals surface area contributed by atoms with E-state index in [1.54, 1.807) is 5.57 Å². The molecule has 0 heterocycles. The molecule has 58 valence electrons. The second-order valence-corrected chi connectivity index (χ2v) is 3.63. The Morgan fingerprint density at radius 3 is 3.00 bits per heavy atom. The minimum absolute atomic E-state index is 0.962. The van der Waals surface area contributed by atoms with Gasteiger partial charge in [0, 0.05) is 0 Å². The molecule has 1 aliphatic rings. The van der Waals surface area contributed by atoms with Crippen molar-refractivity contribution in [3.05, 3.63) is 11.6 Å². The van der Waals surface area contributed by atoms with E-state index in [4.69, 9.17) is 0 Å². The molecule has 0 radical (unpaired) electrons. The fraction of sp³-hybridized carbons (Fsp3) is 0.800. The topological polar surface area (TPSA) is 0 Å². The first-order valence-electron chi connectivity index (χ1n) is 4.44. The van der Waals surface area contributed by atoms with Gasteiger partial charge in [-0.2, -0.15) is 0 Å². The first-order chi connectivity index (χ1) is 4.79. The van der Waals surface area contributed by atoms with Gasteiger partial charge in [-0.15, -0.1) is 0 Å². The van der Waals surface area contributed by atoms with Gasteiger partial charge in [-0.25, -0.2) is 0 Å². The van der Waals surface area contributed by atoms with Crippen LogP contribution in [-0.4, -0.2) is 0 Å². The summed E-state index contributed by atoms with van der Waals surface area (Å²) in [4.78, 5) is 0. The van der Waals surface area contributed by atoms with Crippen LogP contribution in [0, 0.1) is 5.92 Å². The van der Waals surface area contributed by atoms with E-state index in [-0.39, 0.29) is 0 Å². The van der Waals surface area contributed by atoms with Crippen molar-refractivity contribution >= 4 is 0 Å². The molecule has 0 N–H and O–H groups in total. The lowest BCUT2D eigenvalue weighted by Gasteiger charge is -2.13. The Kier molecular flexibility index (Phi) is 2.98. The molecule has 0 aromatic heterocycles. The summed E-state index contributed by atoms with van der Waals surface area (Å²) in [6, 6.07) is 0. The van der Waals surface area contributed by atoms with E-state index in [0.717, 1.165) is 5.92 Å². The molecule has 1 atom stereocenters. The first kappa shape index (κ1) is 7.84. The smallest absolute Gasteiger partial charge is 0.0323 e. The van der Waals surface area contributed by atoms with Gasteiger partial charge in [-0.3, -0.25) is 0 Å². The summed E-state index contributed by atoms with van der Waals surface area (Å²) in [7, 11) is 0. The molecule has 0 amide bonds. The van der Waals surface area contributed by atoms with Crippen LogP contribution in [0.2, 0.25) is 0 Å². The van der Waals surface area contributed by atoms with Gasteiger partial charge in [0.2, 0.25) is 0 Å². The highest BCUT2D eigenvalue weighted by molar-refractivity contribution is 4.98. The average Bonchev–Trinajstić information content (AvgIpc) is 1.84. The van der Waals surface area contributed by atoms with Gasteiger partial charge in [0.25, 0.3) is 0 Å². The predicted octanol–water partition coefficient (Wildman–Crippen LogP) is 3.53. The van der Waals surface area contributed by atoms with Crippen LogP contribution in [0.15, 0.2) is 11.6 Å². The van der Waals surface area contributed by atoms with Gasteiger partial charge in [-0.05, 0) is 38.5 Å². The highest BCUT2D eigenvalue weighted by Gasteiger charge is 2.03. The van der Waals surface area contributed by atoms with E-state index in [1.807, 2.05) is 0 Å². The third-order valence-electron chi connectivity index (χ3n) is 2.42. The Hall–Kier alpha value is -0.260. The highest BCUT2D eigenvalue weighted by Crippen LogP contribution is 2.20. The molecule has 0 fully saturated rings. The zero-order valence-corrected chi connectivity index (χ0v) is 7.19. The zero-order chi connectivity index (χ0) is 7.40. The second kappa shape index (κ2) is 3.80. The molecule has 0 aromatic carbocycles. The van der Waals surface area contributed by atoms with Crippen molar-refractivity contribution in [3.63, 3.8) is 0 Å². The van der Waals surface area contributed by atoms with Crippen LogP contribution in [0.1, 0.15) is 46.0 Å². The van der Waals surface area contributed by atoms with Gasteiger partial charge in [0.1, 0.15) is 0 Å². The van der Waals surface area contributed by atoms with Gasteiger partial charge >= 0.3 is 0 Å². The van der Waals surface area contributed by atoms with Crippen molar-refractivity contribution in [3.8, 4) is 0 Å². The monoisotopic (exact) mass is 138 g/mol. The Bertz CT molecular complexity index is 122. The van der Waals surface area contributed by atoms with Crippen molar-refractivity contribution in [2.45, 2.75) is 46.0 Å². The molecule has 0 spiro atoms. The van der Waals surface area contributed by atoms with Crippen LogP contribution < -0.4 is 0 Å². The molecule has 0 aromatic rings. The van der Waals surface area contributed by atoms with Crippen molar-refractivity contribution in [2.75, 3.05) is 0 Å². The fourth-order valence-corrected chi connectivity index (χ4v) is 1.59. The molecule has 1 rings (SSSR count). The number of rotatable bonds is 0. The van der Waals surface area contributed by atoms with Crippen molar-refractivity contribution < 1.29 is 0 Å². The van der Waals surface area contributed by atoms with E-state index in [2.05, 4.69) is 19.9 Å². The minimum Gasteiger partial charge on any atom is -0.0856 e. The molecule has 0 bridgehead atoms. The Balaban J connectivity index is 2.38. The zero-order valence-electron chi connectivity index (χ0n) is 7.19. The van der Waals surface area contributed by atoms with Gasteiger partial charge < -0.3 is 0 Å². The Morgan fingerprint density at radius 1 is 1.40 bits per heavy atom. The first-order valence-corrected chi connectivity index (χ1v) is 4.44. The van der Waals surface area contributed by atoms with Crippen LogP contribution in [0.4, 0.5) is 0 Å². The Morgan fingerprint density at radius 2 is 2.20 bits per heavy atom. The second-order valence-electron chi connectivity index (χ2n) is 3.63. The predicted molar refractivity (Wildman–Crippen MR) is 46.0 cm³/mol. The third-order valence-corrected chi connectivity index (χ3v) is 2.42. The summed E-state index contributed by atoms with van der Waals surface area (Å²) in [5.74, 6) is 0.962. The molecule has 10 heavy (non-hydrogen) atoms. The molecule has 1 unspecified atom stereocenters. The van der Waals surface area contributed by atoms with E-state index in [0.29, 0.717) is 0 Å². The molecule has 0 saturated carbocycles. The molecule has 0 nitrogen and oxygen atoms in total. The van der Waals surface area contributed by atoms with Crippen LogP contribution >= 0.6 is 0 Å². The van der Waals surface area contributed by atoms with Crippen molar-refractivity contribution in [1.29, 1.82) is 0 Å². The summed E-state index contributed by atoms with van der Waals surface area (Å²) >= 11 is 0. The average molecular weight is 138 g/mol. The Labute approximate surface area is 64.3 Å². The van der Waals surface area contributed by atoms with Gasteiger partial charge in [0.15, 0.2) is 0 Å². The quantitative estimate of drug-likeness (QED) is 0.449. The van der Waals surface area contributed by atoms with E-state index in [9.17, 15) is 0 Å². The summed E-state index contributed by atoms with van der Waals surface area (Å²) in [6.07, 6.45) is 9.30. The lowest BCUT2D eigenvalue weighted by atomic mass is 9.93. The van der Waals surface area contributed by atoms with Gasteiger partial charge in [-0.1, -0.05) is 25.0 Å². The standard InChI is InChI=1S/C10H18/c1-9-5-3-7-10(2)8-4-6-9/h5,10H,3-4,6-8H2,1-2H3/b9-5-. The SMILES string of the molecule is C/C1=C/CCC(C)CCC1. The van der Waals surface area contributed by atoms with E-state index in [1.165, 1.54) is 32.1 Å². The normalized spacial score (nSPS) is 33.8. The summed E-state index contributed by atoms with van der Waals surface area (Å²) < 4.78 is 0. The van der Waals surface area contributed by atoms with Gasteiger partial charge in [0.05, 0.1) is 0 Å². The van der Waals surface area contributed by atoms with Crippen LogP contribution in [0.3, 0.4) is 0 Å². The summed E-state index contributed by atoms with van der Waals surface area (Å²) in [6.45, 7) is 4.63. The van der Waals surface area contributed by atoms with Crippen molar-refractivity contribution in [2.24, 2.45) is 5.92 Å². The van der Waals surface area contributed by atoms with E-state index >= 15 is 0 Å². The maximum Gasteiger partial charge on any atom is -0.0323 e. The summed E-state index contributed by atoms with van der Waals surface area (Å²) in [5, 5.41) is 0. The number of hydrogen-bond donors (Lipinski definition) is 0. The van der Waals surface area contributed by atoms with E-state index < -0.39 is 0 Å². The summed E-state index contributed by atoms with van der Waals surface area (Å²) in [5.41, 5.74) is 1.60. The van der Waals surface area contributed by atoms with Crippen LogP contribution in [-0.2, 0) is 0 Å². The molecule has 0 heteroatoms. The molecular formula is C10H18. The third kappa shape index (κ3) is 2.55. The lowest BCUT2D eigenvalue weighted by molar-refractivity contribution is 0.469. The van der Waals surface area contributed by atoms with Crippen LogP contribution in [0.5, 0.6) is 0 Å². The molecular weight excluding hydrogens is 120 g/mol.